The van der Waals surface area contributed by atoms with Gasteiger partial charge in [-0.1, -0.05) is 12.1 Å². The first-order valence-corrected chi connectivity index (χ1v) is 11.1. The van der Waals surface area contributed by atoms with Gasteiger partial charge in [0.1, 0.15) is 5.69 Å². The number of amidine groups is 1. The van der Waals surface area contributed by atoms with Crippen LogP contribution in [0.2, 0.25) is 0 Å². The molecule has 0 bridgehead atoms. The number of rotatable bonds is 4. The standard InChI is InChI=1S/C24H23FN6O4/c25-35-23(32)17-5-9-19(10-6-17)27-24(33)26-18-7-3-16(4-8-18)21-28-22(30-12-14-34-15-13-30)20-2-1-11-31(20)29-21/h1-11,21,29H,12-15H2,(H2,26,27,33). The molecule has 11 heteroatoms. The van der Waals surface area contributed by atoms with E-state index in [1.807, 2.05) is 35.1 Å². The van der Waals surface area contributed by atoms with E-state index in [4.69, 9.17) is 9.73 Å². The normalized spacial score (nSPS) is 17.0. The minimum atomic E-state index is -1.09. The highest BCUT2D eigenvalue weighted by Gasteiger charge is 2.26. The molecule has 35 heavy (non-hydrogen) atoms. The molecule has 1 aromatic heterocycles. The number of benzene rings is 2. The Morgan fingerprint density at radius 3 is 2.31 bits per heavy atom. The summed E-state index contributed by atoms with van der Waals surface area (Å²) in [4.78, 5) is 33.9. The van der Waals surface area contributed by atoms with E-state index in [1.54, 1.807) is 12.1 Å². The van der Waals surface area contributed by atoms with Crippen LogP contribution in [0.25, 0.3) is 0 Å². The minimum absolute atomic E-state index is 0.0387. The number of nitrogens with one attached hydrogen (secondary N) is 3. The molecule has 2 amide bonds. The summed E-state index contributed by atoms with van der Waals surface area (Å²) >= 11 is 0. The van der Waals surface area contributed by atoms with Crippen molar-refractivity contribution in [2.24, 2.45) is 4.99 Å². The summed E-state index contributed by atoms with van der Waals surface area (Å²) in [7, 11) is 0. The fraction of sp³-hybridized carbons (Fsp3) is 0.208. The topological polar surface area (TPSA) is 109 Å². The molecule has 3 heterocycles. The van der Waals surface area contributed by atoms with Crippen LogP contribution < -0.4 is 16.1 Å². The van der Waals surface area contributed by atoms with Crippen LogP contribution in [0.5, 0.6) is 0 Å². The number of aliphatic imine (C=N–C) groups is 1. The molecule has 0 spiro atoms. The van der Waals surface area contributed by atoms with Gasteiger partial charge in [-0.2, -0.15) is 0 Å². The summed E-state index contributed by atoms with van der Waals surface area (Å²) in [5, 5.41) is 5.41. The van der Waals surface area contributed by atoms with Crippen molar-refractivity contribution >= 4 is 29.2 Å². The Hall–Kier alpha value is -4.38. The number of carbonyl (C=O) groups is 2. The first kappa shape index (κ1) is 22.4. The highest BCUT2D eigenvalue weighted by atomic mass is 19.3. The highest BCUT2D eigenvalue weighted by Crippen LogP contribution is 2.25. The van der Waals surface area contributed by atoms with Crippen LogP contribution in [0.1, 0.15) is 27.8 Å². The van der Waals surface area contributed by atoms with Crippen molar-refractivity contribution in [2.45, 2.75) is 6.17 Å². The van der Waals surface area contributed by atoms with Crippen LogP contribution in [-0.4, -0.2) is 53.7 Å². The van der Waals surface area contributed by atoms with Crippen LogP contribution in [-0.2, 0) is 9.68 Å². The summed E-state index contributed by atoms with van der Waals surface area (Å²) in [6.07, 6.45) is 1.68. The minimum Gasteiger partial charge on any atom is -0.378 e. The molecule has 2 aromatic carbocycles. The smallest absolute Gasteiger partial charge is 0.378 e. The molecule has 1 fully saturated rings. The van der Waals surface area contributed by atoms with E-state index >= 15 is 0 Å². The quantitative estimate of drug-likeness (QED) is 0.530. The summed E-state index contributed by atoms with van der Waals surface area (Å²) in [6, 6.07) is 16.6. The molecule has 0 saturated carbocycles. The Balaban J connectivity index is 1.24. The lowest BCUT2D eigenvalue weighted by atomic mass is 10.1. The lowest BCUT2D eigenvalue weighted by molar-refractivity contribution is -0.0788. The Morgan fingerprint density at radius 2 is 1.66 bits per heavy atom. The zero-order valence-corrected chi connectivity index (χ0v) is 18.6. The second-order valence-electron chi connectivity index (χ2n) is 7.99. The SMILES string of the molecule is O=C(Nc1ccc(C(=O)OF)cc1)Nc1ccc(C2N=C(N3CCOCC3)c3cccn3N2)cc1. The Morgan fingerprint density at radius 1 is 1.00 bits per heavy atom. The van der Waals surface area contributed by atoms with E-state index in [0.29, 0.717) is 24.6 Å². The number of nitrogens with zero attached hydrogens (tertiary/aromatic N) is 3. The van der Waals surface area contributed by atoms with Gasteiger partial charge in [0.15, 0.2) is 12.0 Å². The van der Waals surface area contributed by atoms with E-state index in [-0.39, 0.29) is 11.7 Å². The Labute approximate surface area is 200 Å². The Kier molecular flexibility index (Phi) is 6.31. The van der Waals surface area contributed by atoms with E-state index in [2.05, 4.69) is 25.9 Å². The van der Waals surface area contributed by atoms with Crippen molar-refractivity contribution in [2.75, 3.05) is 42.4 Å². The van der Waals surface area contributed by atoms with Crippen molar-refractivity contribution < 1.29 is 23.8 Å². The number of hydrogen-bond acceptors (Lipinski definition) is 7. The molecule has 3 aromatic rings. The Bertz CT molecular complexity index is 1240. The largest absolute Gasteiger partial charge is 0.379 e. The predicted octanol–water partition coefficient (Wildman–Crippen LogP) is 3.51. The molecular formula is C24H23FN6O4. The van der Waals surface area contributed by atoms with Crippen molar-refractivity contribution in [3.8, 4) is 0 Å². The lowest BCUT2D eigenvalue weighted by Gasteiger charge is -2.34. The number of aromatic nitrogens is 1. The third-order valence-electron chi connectivity index (χ3n) is 5.73. The van der Waals surface area contributed by atoms with Gasteiger partial charge in [-0.25, -0.2) is 19.5 Å². The number of fused-ring (bicyclic) bond motifs is 1. The van der Waals surface area contributed by atoms with Gasteiger partial charge in [-0.05, 0) is 54.1 Å². The molecule has 0 aliphatic carbocycles. The van der Waals surface area contributed by atoms with Crippen LogP contribution in [0.4, 0.5) is 20.7 Å². The molecule has 2 aliphatic heterocycles. The second-order valence-corrected chi connectivity index (χ2v) is 7.99. The van der Waals surface area contributed by atoms with Gasteiger partial charge < -0.3 is 20.3 Å². The zero-order valence-electron chi connectivity index (χ0n) is 18.6. The highest BCUT2D eigenvalue weighted by molar-refractivity contribution is 6.00. The third-order valence-corrected chi connectivity index (χ3v) is 5.73. The van der Waals surface area contributed by atoms with Gasteiger partial charge in [0.05, 0.1) is 18.8 Å². The predicted molar refractivity (Wildman–Crippen MR) is 128 cm³/mol. The molecule has 3 N–H and O–H groups in total. The monoisotopic (exact) mass is 478 g/mol. The van der Waals surface area contributed by atoms with E-state index in [0.717, 1.165) is 30.2 Å². The van der Waals surface area contributed by atoms with Crippen molar-refractivity contribution in [3.63, 3.8) is 0 Å². The first-order chi connectivity index (χ1) is 17.1. The van der Waals surface area contributed by atoms with Crippen molar-refractivity contribution in [1.82, 2.24) is 9.58 Å². The molecular weight excluding hydrogens is 455 g/mol. The number of halogens is 1. The fourth-order valence-corrected chi connectivity index (χ4v) is 3.97. The van der Waals surface area contributed by atoms with Crippen molar-refractivity contribution in [1.29, 1.82) is 0 Å². The molecule has 1 unspecified atom stereocenters. The number of morpholine rings is 1. The summed E-state index contributed by atoms with van der Waals surface area (Å²) in [6.45, 7) is 2.93. The van der Waals surface area contributed by atoms with E-state index in [1.165, 1.54) is 24.3 Å². The number of amides is 2. The van der Waals surface area contributed by atoms with Crippen LogP contribution in [0.3, 0.4) is 0 Å². The number of urea groups is 1. The maximum atomic E-state index is 12.3. The summed E-state index contributed by atoms with van der Waals surface area (Å²) < 4.78 is 19.4. The van der Waals surface area contributed by atoms with Crippen molar-refractivity contribution in [3.05, 3.63) is 83.7 Å². The number of anilines is 2. The van der Waals surface area contributed by atoms with Gasteiger partial charge in [0.2, 0.25) is 0 Å². The number of carbonyl (C=O) groups excluding carboxylic acids is 2. The lowest BCUT2D eigenvalue weighted by Crippen LogP contribution is -2.45. The van der Waals surface area contributed by atoms with Gasteiger partial charge in [0.25, 0.3) is 0 Å². The molecule has 2 aliphatic rings. The van der Waals surface area contributed by atoms with Crippen LogP contribution >= 0.6 is 0 Å². The zero-order chi connectivity index (χ0) is 24.2. The van der Waals surface area contributed by atoms with Gasteiger partial charge in [-0.3, -0.25) is 10.1 Å². The molecule has 10 nitrogen and oxygen atoms in total. The molecule has 0 radical (unpaired) electrons. The maximum Gasteiger partial charge on any atom is 0.379 e. The molecule has 1 saturated heterocycles. The van der Waals surface area contributed by atoms with Gasteiger partial charge in [0, 0.05) is 35.2 Å². The maximum absolute atomic E-state index is 12.3. The van der Waals surface area contributed by atoms with Gasteiger partial charge >= 0.3 is 12.0 Å². The number of ether oxygens (including phenoxy) is 1. The average molecular weight is 478 g/mol. The molecule has 180 valence electrons. The third kappa shape index (κ3) is 4.94. The summed E-state index contributed by atoms with van der Waals surface area (Å²) in [5.74, 6) is -0.169. The van der Waals surface area contributed by atoms with E-state index in [9.17, 15) is 14.1 Å². The van der Waals surface area contributed by atoms with Crippen LogP contribution in [0, 0.1) is 0 Å². The fourth-order valence-electron chi connectivity index (χ4n) is 3.97. The summed E-state index contributed by atoms with van der Waals surface area (Å²) in [5.41, 5.74) is 6.41. The number of hydrogen-bond donors (Lipinski definition) is 3. The van der Waals surface area contributed by atoms with E-state index < -0.39 is 12.0 Å². The molecule has 5 rings (SSSR count). The van der Waals surface area contributed by atoms with Crippen LogP contribution in [0.15, 0.2) is 71.9 Å². The first-order valence-electron chi connectivity index (χ1n) is 11.1. The average Bonchev–Trinajstić information content (AvgIpc) is 3.38. The second kappa shape index (κ2) is 9.85. The van der Waals surface area contributed by atoms with Gasteiger partial charge in [-0.15, -0.1) is 0 Å². The molecule has 1 atom stereocenters.